The van der Waals surface area contributed by atoms with Crippen molar-refractivity contribution in [3.63, 3.8) is 0 Å². The molecule has 0 unspecified atom stereocenters. The lowest BCUT2D eigenvalue weighted by Gasteiger charge is -2.24. The van der Waals surface area contributed by atoms with Crippen molar-refractivity contribution in [3.05, 3.63) is 47.8 Å². The van der Waals surface area contributed by atoms with Gasteiger partial charge in [0.2, 0.25) is 0 Å². The third-order valence-electron chi connectivity index (χ3n) is 4.83. The van der Waals surface area contributed by atoms with Gasteiger partial charge in [0.05, 0.1) is 5.52 Å². The number of nitrogens with zero attached hydrogens (tertiary/aromatic N) is 4. The molecule has 1 N–H and O–H groups in total. The molecule has 0 fully saturated rings. The molecule has 25 heavy (non-hydrogen) atoms. The molecular weight excluding hydrogens is 312 g/mol. The van der Waals surface area contributed by atoms with Crippen LogP contribution >= 0.6 is 0 Å². The van der Waals surface area contributed by atoms with Crippen molar-refractivity contribution in [1.29, 1.82) is 0 Å². The quantitative estimate of drug-likeness (QED) is 0.622. The number of hydrogen-bond acceptors (Lipinski definition) is 5. The zero-order valence-corrected chi connectivity index (χ0v) is 14.8. The molecule has 0 saturated heterocycles. The molecule has 128 valence electrons. The molecule has 2 aromatic heterocycles. The Morgan fingerprint density at radius 1 is 1.12 bits per heavy atom. The second-order valence-electron chi connectivity index (χ2n) is 6.92. The molecule has 0 radical (unpaired) electrons. The molecule has 5 heteroatoms. The van der Waals surface area contributed by atoms with Gasteiger partial charge in [-0.1, -0.05) is 0 Å². The fourth-order valence-electron chi connectivity index (χ4n) is 3.53. The predicted molar refractivity (Wildman–Crippen MR) is 101 cm³/mol. The number of aromatic hydroxyl groups is 1. The summed E-state index contributed by atoms with van der Waals surface area (Å²) in [6.07, 6.45) is 4.64. The van der Waals surface area contributed by atoms with E-state index in [1.54, 1.807) is 12.1 Å². The standard InChI is InChI=1S/C20H22N4O/c1-23(2)8-9-24(3)20-17-10-13-12-21-7-6-15(13)19(17)16-5-4-14(25)11-18(16)22-20/h4-7,11-12,25H,8-10H2,1-3H3. The number of hydrogen-bond donors (Lipinski definition) is 1. The van der Waals surface area contributed by atoms with Crippen molar-refractivity contribution >= 4 is 16.7 Å². The first-order chi connectivity index (χ1) is 12.0. The maximum absolute atomic E-state index is 9.91. The van der Waals surface area contributed by atoms with Crippen molar-refractivity contribution in [3.8, 4) is 16.9 Å². The van der Waals surface area contributed by atoms with Gasteiger partial charge in [-0.25, -0.2) is 4.98 Å². The summed E-state index contributed by atoms with van der Waals surface area (Å²) in [4.78, 5) is 13.6. The number of aromatic nitrogens is 2. The molecule has 0 aliphatic heterocycles. The molecule has 2 heterocycles. The van der Waals surface area contributed by atoms with E-state index in [1.807, 2.05) is 18.5 Å². The molecule has 0 spiro atoms. The first-order valence-electron chi connectivity index (χ1n) is 8.49. The van der Waals surface area contributed by atoms with Gasteiger partial charge in [-0.15, -0.1) is 0 Å². The Labute approximate surface area is 147 Å². The minimum atomic E-state index is 0.245. The maximum Gasteiger partial charge on any atom is 0.133 e. The van der Waals surface area contributed by atoms with Gasteiger partial charge >= 0.3 is 0 Å². The van der Waals surface area contributed by atoms with E-state index in [0.717, 1.165) is 36.2 Å². The number of phenols is 1. The van der Waals surface area contributed by atoms with Crippen LogP contribution in [0.3, 0.4) is 0 Å². The average molecular weight is 334 g/mol. The number of likely N-dealkylation sites (N-methyl/N-ethyl adjacent to an activating group) is 2. The molecule has 1 aromatic carbocycles. The molecule has 0 amide bonds. The number of pyridine rings is 2. The first-order valence-corrected chi connectivity index (χ1v) is 8.49. The largest absolute Gasteiger partial charge is 0.508 e. The van der Waals surface area contributed by atoms with E-state index in [-0.39, 0.29) is 5.75 Å². The van der Waals surface area contributed by atoms with Crippen molar-refractivity contribution in [1.82, 2.24) is 14.9 Å². The van der Waals surface area contributed by atoms with E-state index in [9.17, 15) is 5.11 Å². The Hall–Kier alpha value is -2.66. The average Bonchev–Trinajstić information content (AvgIpc) is 2.98. The number of fused-ring (bicyclic) bond motifs is 5. The summed E-state index contributed by atoms with van der Waals surface area (Å²) in [6.45, 7) is 1.85. The molecule has 1 aliphatic rings. The third-order valence-corrected chi connectivity index (χ3v) is 4.83. The SMILES string of the molecule is CN(C)CCN(C)c1nc2cc(O)ccc2c2c1Cc1cnccc1-2. The third kappa shape index (κ3) is 2.70. The van der Waals surface area contributed by atoms with Crippen molar-refractivity contribution in [2.45, 2.75) is 6.42 Å². The van der Waals surface area contributed by atoms with Crippen LogP contribution in [0, 0.1) is 0 Å². The van der Waals surface area contributed by atoms with E-state index in [4.69, 9.17) is 4.98 Å². The van der Waals surface area contributed by atoms with Crippen LogP contribution in [0.25, 0.3) is 22.0 Å². The van der Waals surface area contributed by atoms with Crippen molar-refractivity contribution in [2.24, 2.45) is 0 Å². The van der Waals surface area contributed by atoms with Gasteiger partial charge in [0.15, 0.2) is 0 Å². The van der Waals surface area contributed by atoms with Crippen LogP contribution in [0.5, 0.6) is 5.75 Å². The lowest BCUT2D eigenvalue weighted by Crippen LogP contribution is -2.29. The van der Waals surface area contributed by atoms with Gasteiger partial charge in [-0.3, -0.25) is 4.98 Å². The van der Waals surface area contributed by atoms with E-state index in [1.165, 1.54) is 22.3 Å². The van der Waals surface area contributed by atoms with Gasteiger partial charge in [-0.05, 0) is 49.0 Å². The molecule has 0 saturated carbocycles. The normalized spacial score (nSPS) is 12.5. The minimum absolute atomic E-state index is 0.245. The van der Waals surface area contributed by atoms with E-state index < -0.39 is 0 Å². The summed E-state index contributed by atoms with van der Waals surface area (Å²) >= 11 is 0. The number of rotatable bonds is 4. The number of phenolic OH excluding ortho intramolecular Hbond substituents is 1. The fourth-order valence-corrected chi connectivity index (χ4v) is 3.53. The highest BCUT2D eigenvalue weighted by atomic mass is 16.3. The lowest BCUT2D eigenvalue weighted by molar-refractivity contribution is 0.416. The predicted octanol–water partition coefficient (Wildman–Crippen LogP) is 2.90. The second-order valence-corrected chi connectivity index (χ2v) is 6.92. The summed E-state index contributed by atoms with van der Waals surface area (Å²) < 4.78 is 0. The van der Waals surface area contributed by atoms with Crippen LogP contribution in [-0.2, 0) is 6.42 Å². The Bertz CT molecular complexity index is 952. The zero-order valence-electron chi connectivity index (χ0n) is 14.8. The van der Waals surface area contributed by atoms with Crippen LogP contribution in [0.4, 0.5) is 5.82 Å². The van der Waals surface area contributed by atoms with Crippen LogP contribution in [0.2, 0.25) is 0 Å². The molecular formula is C20H22N4O. The van der Waals surface area contributed by atoms with E-state index in [2.05, 4.69) is 42.0 Å². The number of anilines is 1. The molecule has 3 aromatic rings. The summed E-state index contributed by atoms with van der Waals surface area (Å²) in [6, 6.07) is 7.53. The minimum Gasteiger partial charge on any atom is -0.508 e. The Morgan fingerprint density at radius 2 is 1.96 bits per heavy atom. The highest BCUT2D eigenvalue weighted by Gasteiger charge is 2.26. The summed E-state index contributed by atoms with van der Waals surface area (Å²) in [5, 5.41) is 11.0. The molecule has 5 nitrogen and oxygen atoms in total. The topological polar surface area (TPSA) is 52.5 Å². The Kier molecular flexibility index (Phi) is 3.81. The lowest BCUT2D eigenvalue weighted by atomic mass is 10.0. The monoisotopic (exact) mass is 334 g/mol. The Balaban J connectivity index is 1.92. The van der Waals surface area contributed by atoms with Crippen molar-refractivity contribution < 1.29 is 5.11 Å². The highest BCUT2D eigenvalue weighted by Crippen LogP contribution is 2.44. The van der Waals surface area contributed by atoms with Gasteiger partial charge in [0.1, 0.15) is 11.6 Å². The number of benzene rings is 1. The fraction of sp³-hybridized carbons (Fsp3) is 0.300. The summed E-state index contributed by atoms with van der Waals surface area (Å²) in [7, 11) is 6.24. The Morgan fingerprint density at radius 3 is 2.76 bits per heavy atom. The van der Waals surface area contributed by atoms with Gasteiger partial charge in [-0.2, -0.15) is 0 Å². The second kappa shape index (κ2) is 6.01. The van der Waals surface area contributed by atoms with Crippen LogP contribution in [0.1, 0.15) is 11.1 Å². The smallest absolute Gasteiger partial charge is 0.133 e. The molecule has 4 rings (SSSR count). The molecule has 0 atom stereocenters. The van der Waals surface area contributed by atoms with Gasteiger partial charge in [0.25, 0.3) is 0 Å². The van der Waals surface area contributed by atoms with E-state index >= 15 is 0 Å². The summed E-state index contributed by atoms with van der Waals surface area (Å²) in [5.41, 5.74) is 5.78. The highest BCUT2D eigenvalue weighted by molar-refractivity contribution is 6.01. The van der Waals surface area contributed by atoms with Gasteiger partial charge in [0, 0.05) is 56.0 Å². The van der Waals surface area contributed by atoms with Crippen LogP contribution in [0.15, 0.2) is 36.7 Å². The molecule has 1 aliphatic carbocycles. The van der Waals surface area contributed by atoms with Crippen molar-refractivity contribution in [2.75, 3.05) is 39.1 Å². The van der Waals surface area contributed by atoms with E-state index in [0.29, 0.717) is 0 Å². The summed E-state index contributed by atoms with van der Waals surface area (Å²) in [5.74, 6) is 1.24. The van der Waals surface area contributed by atoms with Crippen LogP contribution < -0.4 is 4.90 Å². The zero-order chi connectivity index (χ0) is 17.6. The molecule has 0 bridgehead atoms. The first kappa shape index (κ1) is 15.8. The van der Waals surface area contributed by atoms with Gasteiger partial charge < -0.3 is 14.9 Å². The van der Waals surface area contributed by atoms with Crippen LogP contribution in [-0.4, -0.2) is 54.2 Å². The maximum atomic E-state index is 9.91.